The highest BCUT2D eigenvalue weighted by Gasteiger charge is 2.28. The second-order valence-corrected chi connectivity index (χ2v) is 6.16. The number of hydrogen-bond acceptors (Lipinski definition) is 3. The number of aromatic nitrogens is 1. The molecule has 4 nitrogen and oxygen atoms in total. The summed E-state index contributed by atoms with van der Waals surface area (Å²) in [5.41, 5.74) is 4.37. The molecule has 1 fully saturated rings. The summed E-state index contributed by atoms with van der Waals surface area (Å²) in [6.07, 6.45) is 0.964. The minimum atomic E-state index is -1.30. The predicted molar refractivity (Wildman–Crippen MR) is 92.5 cm³/mol. The fourth-order valence-corrected chi connectivity index (χ4v) is 3.22. The summed E-state index contributed by atoms with van der Waals surface area (Å²) >= 11 is 0. The van der Waals surface area contributed by atoms with Gasteiger partial charge in [-0.3, -0.25) is 0 Å². The van der Waals surface area contributed by atoms with Gasteiger partial charge >= 0.3 is 6.16 Å². The van der Waals surface area contributed by atoms with Gasteiger partial charge in [0.25, 0.3) is 0 Å². The number of benzene rings is 2. The number of hydrogen-bond donors (Lipinski definition) is 1. The Morgan fingerprint density at radius 3 is 2.54 bits per heavy atom. The quantitative estimate of drug-likeness (QED) is 0.679. The molecular formula is C20H17NO3. The Morgan fingerprint density at radius 2 is 1.88 bits per heavy atom. The van der Waals surface area contributed by atoms with Crippen LogP contribution in [0.5, 0.6) is 5.75 Å². The molecule has 0 amide bonds. The number of nitrogens with zero attached hydrogens (tertiary/aromatic N) is 1. The molecule has 1 heterocycles. The Morgan fingerprint density at radius 1 is 1.12 bits per heavy atom. The standard InChI is InChI=1S/C20H17NO3/c1-12-18(14-6-3-2-4-7-14)21-16-9-5-8-15(13-10-11-13)17(16)19(12)24-20(22)23/h2-9,13H,10-11H2,1H3,(H,22,23). The second kappa shape index (κ2) is 5.64. The molecule has 1 aliphatic carbocycles. The average Bonchev–Trinajstić information content (AvgIpc) is 3.42. The van der Waals surface area contributed by atoms with Crippen molar-refractivity contribution in [3.8, 4) is 17.0 Å². The number of carboxylic acid groups (broad SMARTS) is 1. The Hall–Kier alpha value is -2.88. The molecule has 0 bridgehead atoms. The lowest BCUT2D eigenvalue weighted by Gasteiger charge is -2.15. The van der Waals surface area contributed by atoms with Gasteiger partial charge < -0.3 is 9.84 Å². The maximum Gasteiger partial charge on any atom is 0.511 e. The van der Waals surface area contributed by atoms with Crippen LogP contribution in [0.1, 0.15) is 29.9 Å². The van der Waals surface area contributed by atoms with E-state index < -0.39 is 6.16 Å². The van der Waals surface area contributed by atoms with Crippen LogP contribution in [0.25, 0.3) is 22.2 Å². The molecule has 24 heavy (non-hydrogen) atoms. The Labute approximate surface area is 139 Å². The highest BCUT2D eigenvalue weighted by atomic mass is 16.7. The van der Waals surface area contributed by atoms with Crippen LogP contribution in [-0.4, -0.2) is 16.2 Å². The summed E-state index contributed by atoms with van der Waals surface area (Å²) in [5.74, 6) is 0.891. The molecule has 120 valence electrons. The third-order valence-electron chi connectivity index (χ3n) is 4.48. The van der Waals surface area contributed by atoms with Gasteiger partial charge in [0.05, 0.1) is 11.2 Å². The van der Waals surface area contributed by atoms with Crippen LogP contribution in [-0.2, 0) is 0 Å². The van der Waals surface area contributed by atoms with Crippen LogP contribution < -0.4 is 4.74 Å². The van der Waals surface area contributed by atoms with Crippen molar-refractivity contribution in [2.24, 2.45) is 0 Å². The molecular weight excluding hydrogens is 302 g/mol. The Balaban J connectivity index is 2.04. The average molecular weight is 319 g/mol. The normalized spacial score (nSPS) is 13.9. The molecule has 0 spiro atoms. The fraction of sp³-hybridized carbons (Fsp3) is 0.200. The number of pyridine rings is 1. The number of rotatable bonds is 3. The first-order valence-corrected chi connectivity index (χ1v) is 8.04. The van der Waals surface area contributed by atoms with Crippen molar-refractivity contribution in [1.82, 2.24) is 4.98 Å². The molecule has 1 aromatic heterocycles. The molecule has 2 aromatic carbocycles. The van der Waals surface area contributed by atoms with Crippen LogP contribution in [0.3, 0.4) is 0 Å². The predicted octanol–water partition coefficient (Wildman–Crippen LogP) is 5.14. The highest BCUT2D eigenvalue weighted by Crippen LogP contribution is 2.46. The van der Waals surface area contributed by atoms with Gasteiger partial charge in [-0.25, -0.2) is 9.78 Å². The number of ether oxygens (including phenoxy) is 1. The van der Waals surface area contributed by atoms with Gasteiger partial charge in [-0.15, -0.1) is 0 Å². The largest absolute Gasteiger partial charge is 0.511 e. The van der Waals surface area contributed by atoms with Crippen molar-refractivity contribution in [2.45, 2.75) is 25.7 Å². The summed E-state index contributed by atoms with van der Waals surface area (Å²) in [7, 11) is 0. The van der Waals surface area contributed by atoms with E-state index in [1.807, 2.05) is 49.4 Å². The summed E-state index contributed by atoms with van der Waals surface area (Å²) < 4.78 is 5.22. The topological polar surface area (TPSA) is 59.4 Å². The van der Waals surface area contributed by atoms with Crippen molar-refractivity contribution < 1.29 is 14.6 Å². The van der Waals surface area contributed by atoms with Crippen molar-refractivity contribution in [3.63, 3.8) is 0 Å². The lowest BCUT2D eigenvalue weighted by atomic mass is 9.98. The van der Waals surface area contributed by atoms with E-state index in [2.05, 4.69) is 6.07 Å². The lowest BCUT2D eigenvalue weighted by molar-refractivity contribution is 0.144. The maximum atomic E-state index is 11.3. The molecule has 0 saturated heterocycles. The van der Waals surface area contributed by atoms with Gasteiger partial charge in [-0.05, 0) is 37.3 Å². The van der Waals surface area contributed by atoms with Gasteiger partial charge in [-0.2, -0.15) is 0 Å². The molecule has 0 radical (unpaired) electrons. The van der Waals surface area contributed by atoms with Crippen molar-refractivity contribution >= 4 is 17.1 Å². The van der Waals surface area contributed by atoms with E-state index in [4.69, 9.17) is 9.72 Å². The smallest absolute Gasteiger partial charge is 0.449 e. The lowest BCUT2D eigenvalue weighted by Crippen LogP contribution is -2.07. The van der Waals surface area contributed by atoms with Crippen LogP contribution in [0.2, 0.25) is 0 Å². The first-order chi connectivity index (χ1) is 11.6. The van der Waals surface area contributed by atoms with E-state index in [9.17, 15) is 9.90 Å². The summed E-state index contributed by atoms with van der Waals surface area (Å²) in [4.78, 5) is 16.1. The van der Waals surface area contributed by atoms with E-state index in [1.165, 1.54) is 0 Å². The SMILES string of the molecule is Cc1c(-c2ccccc2)nc2cccc(C3CC3)c2c1OC(=O)O. The number of fused-ring (bicyclic) bond motifs is 1. The third-order valence-corrected chi connectivity index (χ3v) is 4.48. The monoisotopic (exact) mass is 319 g/mol. The number of carbonyl (C=O) groups is 1. The van der Waals surface area contributed by atoms with E-state index >= 15 is 0 Å². The second-order valence-electron chi connectivity index (χ2n) is 6.16. The first-order valence-electron chi connectivity index (χ1n) is 8.04. The van der Waals surface area contributed by atoms with Crippen molar-refractivity contribution in [3.05, 3.63) is 59.7 Å². The zero-order chi connectivity index (χ0) is 16.7. The minimum absolute atomic E-state index is 0.411. The summed E-state index contributed by atoms with van der Waals surface area (Å²) in [6, 6.07) is 15.7. The molecule has 4 heteroatoms. The molecule has 1 saturated carbocycles. The molecule has 1 N–H and O–H groups in total. The molecule has 3 aromatic rings. The maximum absolute atomic E-state index is 11.3. The van der Waals surface area contributed by atoms with Gasteiger partial charge in [0.15, 0.2) is 0 Å². The first kappa shape index (κ1) is 14.7. The molecule has 4 rings (SSSR count). The summed E-state index contributed by atoms with van der Waals surface area (Å²) in [5, 5.41) is 10.0. The van der Waals surface area contributed by atoms with Gasteiger partial charge in [0.1, 0.15) is 5.75 Å². The van der Waals surface area contributed by atoms with Crippen molar-refractivity contribution in [2.75, 3.05) is 0 Å². The van der Waals surface area contributed by atoms with Crippen LogP contribution in [0.15, 0.2) is 48.5 Å². The molecule has 1 aliphatic rings. The highest BCUT2D eigenvalue weighted by molar-refractivity contribution is 5.94. The summed E-state index contributed by atoms with van der Waals surface area (Å²) in [6.45, 7) is 1.87. The van der Waals surface area contributed by atoms with Gasteiger partial charge in [-0.1, -0.05) is 42.5 Å². The molecule has 0 atom stereocenters. The van der Waals surface area contributed by atoms with E-state index in [-0.39, 0.29) is 0 Å². The molecule has 0 aliphatic heterocycles. The van der Waals surface area contributed by atoms with Crippen LogP contribution in [0.4, 0.5) is 4.79 Å². The minimum Gasteiger partial charge on any atom is -0.449 e. The zero-order valence-corrected chi connectivity index (χ0v) is 13.3. The van der Waals surface area contributed by atoms with E-state index in [1.54, 1.807) is 0 Å². The molecule has 0 unspecified atom stereocenters. The Kier molecular flexibility index (Phi) is 3.45. The van der Waals surface area contributed by atoms with E-state index in [0.29, 0.717) is 11.7 Å². The zero-order valence-electron chi connectivity index (χ0n) is 13.3. The fourth-order valence-electron chi connectivity index (χ4n) is 3.22. The van der Waals surface area contributed by atoms with Gasteiger partial charge in [0.2, 0.25) is 0 Å². The van der Waals surface area contributed by atoms with Crippen LogP contribution in [0, 0.1) is 6.92 Å². The van der Waals surface area contributed by atoms with Gasteiger partial charge in [0, 0.05) is 16.5 Å². The Bertz CT molecular complexity index is 931. The van der Waals surface area contributed by atoms with E-state index in [0.717, 1.165) is 46.1 Å². The van der Waals surface area contributed by atoms with Crippen molar-refractivity contribution in [1.29, 1.82) is 0 Å². The van der Waals surface area contributed by atoms with Crippen LogP contribution >= 0.6 is 0 Å². The third kappa shape index (κ3) is 2.50.